The number of hydrogen-bond acceptors (Lipinski definition) is 4. The molecule has 1 atom stereocenters. The minimum atomic E-state index is -0.874. The molecule has 0 saturated heterocycles. The van der Waals surface area contributed by atoms with Gasteiger partial charge in [-0.3, -0.25) is 0 Å². The zero-order chi connectivity index (χ0) is 23.3. The van der Waals surface area contributed by atoms with Crippen molar-refractivity contribution in [2.45, 2.75) is 59.3 Å². The van der Waals surface area contributed by atoms with Gasteiger partial charge >= 0.3 is 12.1 Å². The largest absolute Gasteiger partial charge is 0.459 e. The number of fused-ring (bicyclic) bond motifs is 1. The van der Waals surface area contributed by atoms with Crippen LogP contribution in [0.25, 0.3) is 10.8 Å². The van der Waals surface area contributed by atoms with E-state index in [0.717, 1.165) is 33.0 Å². The maximum absolute atomic E-state index is 13.0. The van der Waals surface area contributed by atoms with Gasteiger partial charge in [0.15, 0.2) is 0 Å². The molecule has 0 aliphatic carbocycles. The lowest BCUT2D eigenvalue weighted by Gasteiger charge is -2.23. The van der Waals surface area contributed by atoms with Crippen molar-refractivity contribution in [3.8, 4) is 0 Å². The van der Waals surface area contributed by atoms with Crippen LogP contribution in [-0.2, 0) is 27.3 Å². The van der Waals surface area contributed by atoms with Crippen molar-refractivity contribution < 1.29 is 19.1 Å². The lowest BCUT2D eigenvalue weighted by molar-refractivity contribution is -0.147. The Balaban J connectivity index is 1.80. The minimum Gasteiger partial charge on any atom is -0.459 e. The summed E-state index contributed by atoms with van der Waals surface area (Å²) in [7, 11) is 0. The molecule has 0 spiro atoms. The van der Waals surface area contributed by atoms with Gasteiger partial charge in [-0.1, -0.05) is 71.8 Å². The molecule has 0 aromatic heterocycles. The van der Waals surface area contributed by atoms with E-state index in [4.69, 9.17) is 9.47 Å². The number of nitrogens with one attached hydrogen (secondary N) is 1. The number of carbonyl (C=O) groups excluding carboxylic acids is 2. The molecule has 0 heterocycles. The summed E-state index contributed by atoms with van der Waals surface area (Å²) in [5, 5.41) is 4.82. The molecule has 1 amide bonds. The molecule has 3 aromatic carbocycles. The third-order valence-electron chi connectivity index (χ3n) is 4.94. The first-order chi connectivity index (χ1) is 15.1. The minimum absolute atomic E-state index is 0.142. The number of esters is 1. The van der Waals surface area contributed by atoms with Gasteiger partial charge in [0.1, 0.15) is 18.2 Å². The van der Waals surface area contributed by atoms with Crippen LogP contribution in [0, 0.1) is 13.8 Å². The summed E-state index contributed by atoms with van der Waals surface area (Å²) >= 11 is 0. The summed E-state index contributed by atoms with van der Waals surface area (Å²) in [5.41, 5.74) is 3.41. The SMILES string of the molecule is Cc1cc(C)cc(COC(=O)[C@H](Cc2cccc3ccccc23)NC(=O)OC(C)(C)C)c1. The van der Waals surface area contributed by atoms with E-state index in [-0.39, 0.29) is 6.61 Å². The highest BCUT2D eigenvalue weighted by atomic mass is 16.6. The van der Waals surface area contributed by atoms with Crippen LogP contribution >= 0.6 is 0 Å². The first kappa shape index (κ1) is 23.3. The number of alkyl carbamates (subject to hydrolysis) is 1. The summed E-state index contributed by atoms with van der Waals surface area (Å²) in [6.07, 6.45) is -0.349. The Bertz CT molecular complexity index is 1090. The van der Waals surface area contributed by atoms with Crippen LogP contribution in [0.2, 0.25) is 0 Å². The lowest BCUT2D eigenvalue weighted by atomic mass is 9.99. The van der Waals surface area contributed by atoms with Gasteiger partial charge in [-0.2, -0.15) is 0 Å². The third kappa shape index (κ3) is 6.58. The zero-order valence-corrected chi connectivity index (χ0v) is 19.4. The highest BCUT2D eigenvalue weighted by Crippen LogP contribution is 2.21. The first-order valence-corrected chi connectivity index (χ1v) is 10.8. The normalized spacial score (nSPS) is 12.3. The van der Waals surface area contributed by atoms with Crippen molar-refractivity contribution in [2.24, 2.45) is 0 Å². The van der Waals surface area contributed by atoms with E-state index < -0.39 is 23.7 Å². The van der Waals surface area contributed by atoms with Crippen LogP contribution in [0.15, 0.2) is 60.7 Å². The number of benzene rings is 3. The Labute approximate surface area is 189 Å². The number of amides is 1. The molecule has 3 aromatic rings. The van der Waals surface area contributed by atoms with Crippen molar-refractivity contribution in [1.29, 1.82) is 0 Å². The molecule has 0 saturated carbocycles. The molecule has 0 unspecified atom stereocenters. The Morgan fingerprint density at radius 1 is 0.938 bits per heavy atom. The van der Waals surface area contributed by atoms with Gasteiger partial charge in [0.25, 0.3) is 0 Å². The van der Waals surface area contributed by atoms with Gasteiger partial charge in [-0.25, -0.2) is 9.59 Å². The van der Waals surface area contributed by atoms with E-state index in [2.05, 4.69) is 11.4 Å². The second-order valence-corrected chi connectivity index (χ2v) is 9.14. The summed E-state index contributed by atoms with van der Waals surface area (Å²) in [5.74, 6) is -0.497. The fourth-order valence-corrected chi connectivity index (χ4v) is 3.74. The highest BCUT2D eigenvalue weighted by molar-refractivity contribution is 5.87. The quantitative estimate of drug-likeness (QED) is 0.511. The van der Waals surface area contributed by atoms with Crippen LogP contribution < -0.4 is 5.32 Å². The third-order valence-corrected chi connectivity index (χ3v) is 4.94. The van der Waals surface area contributed by atoms with Crippen molar-refractivity contribution in [3.05, 3.63) is 82.9 Å². The van der Waals surface area contributed by atoms with E-state index >= 15 is 0 Å². The van der Waals surface area contributed by atoms with Crippen LogP contribution in [0.1, 0.15) is 43.0 Å². The number of hydrogen-bond donors (Lipinski definition) is 1. The molecule has 1 N–H and O–H groups in total. The molecular weight excluding hydrogens is 402 g/mol. The fraction of sp³-hybridized carbons (Fsp3) is 0.333. The van der Waals surface area contributed by atoms with E-state index in [9.17, 15) is 9.59 Å². The smallest absolute Gasteiger partial charge is 0.408 e. The molecule has 32 heavy (non-hydrogen) atoms. The predicted molar refractivity (Wildman–Crippen MR) is 127 cm³/mol. The van der Waals surface area contributed by atoms with E-state index in [1.165, 1.54) is 0 Å². The molecule has 5 nitrogen and oxygen atoms in total. The maximum Gasteiger partial charge on any atom is 0.408 e. The Hall–Kier alpha value is -3.34. The Morgan fingerprint density at radius 2 is 1.59 bits per heavy atom. The maximum atomic E-state index is 13.0. The van der Waals surface area contributed by atoms with E-state index in [1.807, 2.05) is 68.4 Å². The van der Waals surface area contributed by atoms with Crippen LogP contribution in [0.5, 0.6) is 0 Å². The van der Waals surface area contributed by atoms with Crippen LogP contribution in [-0.4, -0.2) is 23.7 Å². The number of aryl methyl sites for hydroxylation is 2. The number of ether oxygens (including phenoxy) is 2. The van der Waals surface area contributed by atoms with Gasteiger partial charge in [0, 0.05) is 6.42 Å². The zero-order valence-electron chi connectivity index (χ0n) is 19.4. The van der Waals surface area contributed by atoms with Gasteiger partial charge in [-0.15, -0.1) is 0 Å². The standard InChI is InChI=1S/C27H31NO4/c1-18-13-19(2)15-20(14-18)17-31-25(29)24(28-26(30)32-27(3,4)5)16-22-11-8-10-21-9-6-7-12-23(21)22/h6-15,24H,16-17H2,1-5H3,(H,28,30)/t24-/m0/s1. The van der Waals surface area contributed by atoms with E-state index in [0.29, 0.717) is 6.42 Å². The molecule has 5 heteroatoms. The van der Waals surface area contributed by atoms with Gasteiger partial charge in [0.2, 0.25) is 0 Å². The molecule has 0 fully saturated rings. The van der Waals surface area contributed by atoms with Crippen molar-refractivity contribution in [1.82, 2.24) is 5.32 Å². The molecule has 0 bridgehead atoms. The number of carbonyl (C=O) groups is 2. The van der Waals surface area contributed by atoms with Crippen LogP contribution in [0.3, 0.4) is 0 Å². The highest BCUT2D eigenvalue weighted by Gasteiger charge is 2.26. The molecular formula is C27H31NO4. The number of rotatable bonds is 6. The van der Waals surface area contributed by atoms with Crippen molar-refractivity contribution in [3.63, 3.8) is 0 Å². The Morgan fingerprint density at radius 3 is 2.28 bits per heavy atom. The van der Waals surface area contributed by atoms with Crippen molar-refractivity contribution >= 4 is 22.8 Å². The van der Waals surface area contributed by atoms with Crippen LogP contribution in [0.4, 0.5) is 4.79 Å². The first-order valence-electron chi connectivity index (χ1n) is 10.8. The molecule has 168 valence electrons. The summed E-state index contributed by atoms with van der Waals surface area (Å²) in [6, 6.07) is 19.1. The van der Waals surface area contributed by atoms with Crippen molar-refractivity contribution in [2.75, 3.05) is 0 Å². The molecule has 0 aliphatic heterocycles. The van der Waals surface area contributed by atoms with Gasteiger partial charge in [0.05, 0.1) is 0 Å². The predicted octanol–water partition coefficient (Wildman–Crippen LogP) is 5.64. The topological polar surface area (TPSA) is 64.6 Å². The van der Waals surface area contributed by atoms with Gasteiger partial charge < -0.3 is 14.8 Å². The summed E-state index contributed by atoms with van der Waals surface area (Å²) in [4.78, 5) is 25.5. The average molecular weight is 434 g/mol. The second-order valence-electron chi connectivity index (χ2n) is 9.14. The fourth-order valence-electron chi connectivity index (χ4n) is 3.74. The summed E-state index contributed by atoms with van der Waals surface area (Å²) in [6.45, 7) is 9.50. The van der Waals surface area contributed by atoms with Gasteiger partial charge in [-0.05, 0) is 56.5 Å². The lowest BCUT2D eigenvalue weighted by Crippen LogP contribution is -2.45. The molecule has 0 aliphatic rings. The molecule has 3 rings (SSSR count). The summed E-state index contributed by atoms with van der Waals surface area (Å²) < 4.78 is 11.0. The molecule has 0 radical (unpaired) electrons. The second kappa shape index (κ2) is 9.86. The Kier molecular flexibility index (Phi) is 7.18. The monoisotopic (exact) mass is 433 g/mol. The average Bonchev–Trinajstić information content (AvgIpc) is 2.69. The van der Waals surface area contributed by atoms with E-state index in [1.54, 1.807) is 20.8 Å².